The molecule has 0 aliphatic carbocycles. The molecule has 1 rings (SSSR count). The van der Waals surface area contributed by atoms with Crippen molar-refractivity contribution < 1.29 is 23.2 Å². The van der Waals surface area contributed by atoms with Gasteiger partial charge in [-0.2, -0.15) is 4.72 Å². The molecule has 1 aromatic rings. The van der Waals surface area contributed by atoms with Crippen LogP contribution in [0.4, 0.5) is 5.69 Å². The van der Waals surface area contributed by atoms with Crippen molar-refractivity contribution in [3.05, 3.63) is 32.8 Å². The first kappa shape index (κ1) is 16.3. The summed E-state index contributed by atoms with van der Waals surface area (Å²) < 4.78 is 25.9. The summed E-state index contributed by atoms with van der Waals surface area (Å²) in [5.41, 5.74) is -0.250. The fourth-order valence-electron chi connectivity index (χ4n) is 1.39. The number of nitrogens with zero attached hydrogens (tertiary/aromatic N) is 1. The van der Waals surface area contributed by atoms with E-state index in [1.54, 1.807) is 0 Å². The summed E-state index contributed by atoms with van der Waals surface area (Å²) in [7, 11) is -4.28. The molecule has 0 saturated carbocycles. The Labute approximate surface area is 119 Å². The van der Waals surface area contributed by atoms with Crippen molar-refractivity contribution in [3.8, 4) is 0 Å². The number of benzene rings is 1. The highest BCUT2D eigenvalue weighted by Gasteiger charge is 2.28. The highest BCUT2D eigenvalue weighted by atomic mass is 35.5. The highest BCUT2D eigenvalue weighted by molar-refractivity contribution is 7.89. The summed E-state index contributed by atoms with van der Waals surface area (Å²) in [6, 6.07) is 0.865. The lowest BCUT2D eigenvalue weighted by molar-refractivity contribution is -0.385. The molecule has 0 amide bonds. The number of nitro benzene ring substituents is 1. The standard InChI is InChI=1S/C10H11ClN2O6S/c1-5-3-7(13(16)17)9(11)8(4-5)20(18,19)12-6(2)10(14)15/h3-4,6,12H,1-2H3,(H,14,15). The normalized spacial score (nSPS) is 12.9. The van der Waals surface area contributed by atoms with Crippen LogP contribution in [0.25, 0.3) is 0 Å². The maximum Gasteiger partial charge on any atom is 0.321 e. The molecule has 1 aromatic carbocycles. The van der Waals surface area contributed by atoms with Crippen LogP contribution in [-0.4, -0.2) is 30.5 Å². The quantitative estimate of drug-likeness (QED) is 0.621. The Morgan fingerprint density at radius 1 is 1.50 bits per heavy atom. The number of hydrogen-bond acceptors (Lipinski definition) is 5. The zero-order chi connectivity index (χ0) is 15.7. The molecule has 110 valence electrons. The molecular weight excluding hydrogens is 312 g/mol. The van der Waals surface area contributed by atoms with Crippen LogP contribution in [0.5, 0.6) is 0 Å². The summed E-state index contributed by atoms with van der Waals surface area (Å²) in [5, 5.41) is 18.9. The molecule has 0 aliphatic rings. The van der Waals surface area contributed by atoms with E-state index in [-0.39, 0.29) is 0 Å². The number of nitrogens with one attached hydrogen (secondary N) is 1. The molecule has 0 aromatic heterocycles. The van der Waals surface area contributed by atoms with Gasteiger partial charge >= 0.3 is 5.97 Å². The van der Waals surface area contributed by atoms with Gasteiger partial charge in [-0.05, 0) is 25.5 Å². The van der Waals surface area contributed by atoms with Crippen LogP contribution in [0.2, 0.25) is 5.02 Å². The van der Waals surface area contributed by atoms with Gasteiger partial charge in [0.15, 0.2) is 0 Å². The van der Waals surface area contributed by atoms with Gasteiger partial charge in [-0.3, -0.25) is 14.9 Å². The Hall–Kier alpha value is -1.71. The minimum absolute atomic E-state index is 0.310. The molecule has 0 heterocycles. The van der Waals surface area contributed by atoms with Crippen LogP contribution in [0.3, 0.4) is 0 Å². The topological polar surface area (TPSA) is 127 Å². The van der Waals surface area contributed by atoms with Gasteiger partial charge in [-0.25, -0.2) is 8.42 Å². The average Bonchev–Trinajstić information content (AvgIpc) is 2.30. The smallest absolute Gasteiger partial charge is 0.321 e. The van der Waals surface area contributed by atoms with Gasteiger partial charge in [0.25, 0.3) is 5.69 Å². The van der Waals surface area contributed by atoms with Gasteiger partial charge in [0.05, 0.1) is 4.92 Å². The minimum Gasteiger partial charge on any atom is -0.480 e. The molecule has 0 radical (unpaired) electrons. The molecule has 8 nitrogen and oxygen atoms in total. The first-order valence-corrected chi connectivity index (χ1v) is 7.12. The van der Waals surface area contributed by atoms with Crippen LogP contribution in [0, 0.1) is 17.0 Å². The van der Waals surface area contributed by atoms with E-state index in [2.05, 4.69) is 0 Å². The Morgan fingerprint density at radius 2 is 2.05 bits per heavy atom. The third-order valence-corrected chi connectivity index (χ3v) is 4.43. The largest absolute Gasteiger partial charge is 0.480 e. The molecule has 1 atom stereocenters. The van der Waals surface area contributed by atoms with Crippen LogP contribution < -0.4 is 4.72 Å². The van der Waals surface area contributed by atoms with Crippen molar-refractivity contribution >= 4 is 33.3 Å². The average molecular weight is 323 g/mol. The monoisotopic (exact) mass is 322 g/mol. The molecule has 0 aliphatic heterocycles. The summed E-state index contributed by atoms with van der Waals surface area (Å²) in [6.07, 6.45) is 0. The van der Waals surface area contributed by atoms with Crippen molar-refractivity contribution in [1.82, 2.24) is 4.72 Å². The predicted octanol–water partition coefficient (Wildman–Crippen LogP) is 1.31. The molecule has 0 spiro atoms. The maximum atomic E-state index is 12.0. The predicted molar refractivity (Wildman–Crippen MR) is 70.3 cm³/mol. The van der Waals surface area contributed by atoms with E-state index in [0.717, 1.165) is 19.1 Å². The van der Waals surface area contributed by atoms with Crippen molar-refractivity contribution in [2.75, 3.05) is 0 Å². The van der Waals surface area contributed by atoms with Crippen LogP contribution in [0.1, 0.15) is 12.5 Å². The number of rotatable bonds is 5. The first-order valence-electron chi connectivity index (χ1n) is 5.26. The van der Waals surface area contributed by atoms with E-state index in [9.17, 15) is 23.3 Å². The number of halogens is 1. The number of aliphatic carboxylic acids is 1. The minimum atomic E-state index is -4.28. The fourth-order valence-corrected chi connectivity index (χ4v) is 3.25. The zero-order valence-electron chi connectivity index (χ0n) is 10.5. The van der Waals surface area contributed by atoms with Gasteiger partial charge in [0.1, 0.15) is 16.0 Å². The Kier molecular flexibility index (Phi) is 4.69. The summed E-state index contributed by atoms with van der Waals surface area (Å²) in [6.45, 7) is 2.58. The third kappa shape index (κ3) is 3.44. The van der Waals surface area contributed by atoms with E-state index in [1.165, 1.54) is 6.92 Å². The number of carboxylic acid groups (broad SMARTS) is 1. The van der Waals surface area contributed by atoms with Gasteiger partial charge in [-0.15, -0.1) is 0 Å². The number of nitro groups is 1. The number of sulfonamides is 1. The molecule has 1 unspecified atom stereocenters. The van der Waals surface area contributed by atoms with Crippen molar-refractivity contribution in [2.24, 2.45) is 0 Å². The second-order valence-electron chi connectivity index (χ2n) is 4.03. The Bertz CT molecular complexity index is 673. The molecule has 0 saturated heterocycles. The lowest BCUT2D eigenvalue weighted by Crippen LogP contribution is -2.38. The highest BCUT2D eigenvalue weighted by Crippen LogP contribution is 2.32. The van der Waals surface area contributed by atoms with E-state index < -0.39 is 42.6 Å². The van der Waals surface area contributed by atoms with Crippen LogP contribution >= 0.6 is 11.6 Å². The molecule has 20 heavy (non-hydrogen) atoms. The number of carboxylic acids is 1. The molecular formula is C10H11ClN2O6S. The molecule has 0 bridgehead atoms. The first-order chi connectivity index (χ1) is 9.06. The van der Waals surface area contributed by atoms with Crippen LogP contribution in [-0.2, 0) is 14.8 Å². The van der Waals surface area contributed by atoms with E-state index in [1.807, 2.05) is 4.72 Å². The van der Waals surface area contributed by atoms with Gasteiger partial charge in [0, 0.05) is 6.07 Å². The lowest BCUT2D eigenvalue weighted by Gasteiger charge is -2.12. The molecule has 0 fully saturated rings. The van der Waals surface area contributed by atoms with Gasteiger partial charge in [-0.1, -0.05) is 11.6 Å². The second-order valence-corrected chi connectivity index (χ2v) is 6.09. The molecule has 10 heteroatoms. The van der Waals surface area contributed by atoms with Gasteiger partial charge < -0.3 is 5.11 Å². The molecule has 2 N–H and O–H groups in total. The van der Waals surface area contributed by atoms with Crippen molar-refractivity contribution in [3.63, 3.8) is 0 Å². The van der Waals surface area contributed by atoms with Crippen LogP contribution in [0.15, 0.2) is 17.0 Å². The second kappa shape index (κ2) is 5.73. The fraction of sp³-hybridized carbons (Fsp3) is 0.300. The number of hydrogen-bond donors (Lipinski definition) is 2. The number of aryl methyl sites for hydroxylation is 1. The third-order valence-electron chi connectivity index (χ3n) is 2.35. The maximum absolute atomic E-state index is 12.0. The Balaban J connectivity index is 3.39. The van der Waals surface area contributed by atoms with E-state index in [4.69, 9.17) is 16.7 Å². The lowest BCUT2D eigenvalue weighted by atomic mass is 10.2. The van der Waals surface area contributed by atoms with Crippen molar-refractivity contribution in [2.45, 2.75) is 24.8 Å². The summed E-state index contributed by atoms with van der Waals surface area (Å²) in [5.74, 6) is -1.38. The van der Waals surface area contributed by atoms with E-state index >= 15 is 0 Å². The van der Waals surface area contributed by atoms with E-state index in [0.29, 0.717) is 5.56 Å². The van der Waals surface area contributed by atoms with Crippen molar-refractivity contribution in [1.29, 1.82) is 0 Å². The number of carbonyl (C=O) groups is 1. The van der Waals surface area contributed by atoms with Gasteiger partial charge in [0.2, 0.25) is 10.0 Å². The zero-order valence-corrected chi connectivity index (χ0v) is 12.0. The SMILES string of the molecule is Cc1cc([N+](=O)[O-])c(Cl)c(S(=O)(=O)NC(C)C(=O)O)c1. The Morgan fingerprint density at radius 3 is 2.50 bits per heavy atom. The summed E-state index contributed by atoms with van der Waals surface area (Å²) >= 11 is 5.72. The summed E-state index contributed by atoms with van der Waals surface area (Å²) in [4.78, 5) is 20.1.